The zero-order valence-electron chi connectivity index (χ0n) is 26.4. The predicted molar refractivity (Wildman–Crippen MR) is 175 cm³/mol. The maximum atomic E-state index is 13.4. The second-order valence-electron chi connectivity index (χ2n) is 11.8. The van der Waals surface area contributed by atoms with Gasteiger partial charge in [-0.2, -0.15) is 5.06 Å². The summed E-state index contributed by atoms with van der Waals surface area (Å²) in [5.74, 6) is 0.389. The highest BCUT2D eigenvalue weighted by Crippen LogP contribution is 2.57. The summed E-state index contributed by atoms with van der Waals surface area (Å²) in [6.45, 7) is 1.61. The number of anilines is 2. The van der Waals surface area contributed by atoms with Gasteiger partial charge in [0.2, 0.25) is 0 Å². The lowest BCUT2D eigenvalue weighted by atomic mass is 9.77. The lowest BCUT2D eigenvalue weighted by molar-refractivity contribution is -0.112. The van der Waals surface area contributed by atoms with Gasteiger partial charge in [0.15, 0.2) is 5.60 Å². The number of ether oxygens (including phenoxy) is 3. The first-order valence-corrected chi connectivity index (χ1v) is 15.2. The summed E-state index contributed by atoms with van der Waals surface area (Å²) in [6, 6.07) is 26.3. The summed E-state index contributed by atoms with van der Waals surface area (Å²) in [7, 11) is 7.80. The van der Waals surface area contributed by atoms with Gasteiger partial charge in [0, 0.05) is 93.6 Å². The highest BCUT2D eigenvalue weighted by molar-refractivity contribution is 6.00. The van der Waals surface area contributed by atoms with Crippen LogP contribution in [-0.4, -0.2) is 76.6 Å². The highest BCUT2D eigenvalue weighted by atomic mass is 16.6. The molecule has 6 rings (SSSR count). The van der Waals surface area contributed by atoms with Crippen LogP contribution in [0.2, 0.25) is 0 Å². The van der Waals surface area contributed by atoms with E-state index in [0.29, 0.717) is 59.0 Å². The molecule has 1 amide bonds. The zero-order valence-corrected chi connectivity index (χ0v) is 26.4. The Balaban J connectivity index is 1.21. The molecule has 0 atom stereocenters. The van der Waals surface area contributed by atoms with Crippen LogP contribution in [0.4, 0.5) is 11.4 Å². The molecule has 0 aliphatic carbocycles. The van der Waals surface area contributed by atoms with Gasteiger partial charge in [-0.05, 0) is 48.0 Å². The number of fused-ring (bicyclic) bond motifs is 6. The van der Waals surface area contributed by atoms with Crippen LogP contribution in [0.5, 0.6) is 11.5 Å². The molecular formula is C36H38N4O6. The number of hydrogen-bond donors (Lipinski definition) is 2. The topological polar surface area (TPSA) is 104 Å². The molecule has 0 unspecified atom stereocenters. The molecule has 4 aromatic rings. The molecule has 46 heavy (non-hydrogen) atoms. The van der Waals surface area contributed by atoms with Crippen molar-refractivity contribution in [3.05, 3.63) is 118 Å². The van der Waals surface area contributed by atoms with Crippen LogP contribution in [0.3, 0.4) is 0 Å². The number of hydrogen-bond acceptors (Lipinski definition) is 9. The summed E-state index contributed by atoms with van der Waals surface area (Å²) in [5, 5.41) is 14.2. The third-order valence-electron chi connectivity index (χ3n) is 8.30. The first-order valence-electron chi connectivity index (χ1n) is 15.2. The maximum Gasteiger partial charge on any atom is 0.340 e. The normalized spacial score (nSPS) is 13.8. The second kappa shape index (κ2) is 12.8. The van der Waals surface area contributed by atoms with Gasteiger partial charge < -0.3 is 34.5 Å². The molecule has 0 fully saturated rings. The van der Waals surface area contributed by atoms with Gasteiger partial charge in [0.25, 0.3) is 5.91 Å². The number of nitrogens with one attached hydrogen (secondary N) is 1. The summed E-state index contributed by atoms with van der Waals surface area (Å²) < 4.78 is 18.4. The molecule has 0 aromatic heterocycles. The molecule has 4 aromatic carbocycles. The highest BCUT2D eigenvalue weighted by Gasteiger charge is 2.54. The minimum atomic E-state index is -1.29. The van der Waals surface area contributed by atoms with Crippen LogP contribution in [0.25, 0.3) is 0 Å². The monoisotopic (exact) mass is 622 g/mol. The number of esters is 1. The average Bonchev–Trinajstić information content (AvgIpc) is 3.34. The number of nitrogens with zero attached hydrogens (tertiary/aromatic N) is 3. The Labute approximate surface area is 268 Å². The Morgan fingerprint density at radius 1 is 0.826 bits per heavy atom. The molecule has 2 heterocycles. The van der Waals surface area contributed by atoms with Crippen LogP contribution in [-0.2, 0) is 21.6 Å². The van der Waals surface area contributed by atoms with Crippen LogP contribution in [0.15, 0.2) is 84.9 Å². The van der Waals surface area contributed by atoms with E-state index in [4.69, 9.17) is 14.2 Å². The molecule has 2 N–H and O–H groups in total. The standard InChI is InChI=1S/C36H38N4O6/c1-38(2)26-11-14-29-32(21-26)45-33-22-27(39(3)4)12-15-30(33)36(29)31-20-25(10-13-28(31)35(42)46-36)34(41)37-16-18-44-19-17-40(43)23-24-8-6-5-7-9-24/h5-15,20-22,43H,16-19,23H2,1-4H3,(H,37,41). The van der Waals surface area contributed by atoms with Crippen LogP contribution in [0, 0.1) is 0 Å². The molecule has 0 radical (unpaired) electrons. The van der Waals surface area contributed by atoms with Crippen molar-refractivity contribution in [3.8, 4) is 11.5 Å². The van der Waals surface area contributed by atoms with E-state index in [9.17, 15) is 14.8 Å². The molecule has 10 nitrogen and oxygen atoms in total. The number of rotatable bonds is 11. The minimum Gasteiger partial charge on any atom is -0.456 e. The number of benzene rings is 4. The van der Waals surface area contributed by atoms with E-state index in [2.05, 4.69) is 5.32 Å². The van der Waals surface area contributed by atoms with Gasteiger partial charge in [0.1, 0.15) is 11.5 Å². The lowest BCUT2D eigenvalue weighted by Crippen LogP contribution is -2.34. The first kappa shape index (κ1) is 31.1. The van der Waals surface area contributed by atoms with Gasteiger partial charge in [-0.25, -0.2) is 4.79 Å². The van der Waals surface area contributed by atoms with Crippen molar-refractivity contribution < 1.29 is 29.0 Å². The zero-order chi connectivity index (χ0) is 32.4. The smallest absolute Gasteiger partial charge is 0.340 e. The van der Waals surface area contributed by atoms with Crippen molar-refractivity contribution in [2.75, 3.05) is 64.3 Å². The summed E-state index contributed by atoms with van der Waals surface area (Å²) in [6.07, 6.45) is 0. The van der Waals surface area contributed by atoms with E-state index in [1.807, 2.05) is 105 Å². The number of hydroxylamine groups is 2. The largest absolute Gasteiger partial charge is 0.456 e. The van der Waals surface area contributed by atoms with Gasteiger partial charge in [0.05, 0.1) is 18.8 Å². The third-order valence-corrected chi connectivity index (χ3v) is 8.30. The Morgan fingerprint density at radius 3 is 2.11 bits per heavy atom. The SMILES string of the molecule is CN(C)c1ccc2c(c1)Oc1cc(N(C)C)ccc1C21OC(=O)c2ccc(C(=O)NCCOCCN(O)Cc3ccccc3)cc21. The Bertz CT molecular complexity index is 1700. The fourth-order valence-electron chi connectivity index (χ4n) is 5.88. The van der Waals surface area contributed by atoms with Crippen molar-refractivity contribution in [1.29, 1.82) is 0 Å². The lowest BCUT2D eigenvalue weighted by Gasteiger charge is -2.37. The average molecular weight is 623 g/mol. The quantitative estimate of drug-likeness (QED) is 0.136. The molecule has 2 aliphatic rings. The fourth-order valence-corrected chi connectivity index (χ4v) is 5.88. The number of amides is 1. The molecular weight excluding hydrogens is 584 g/mol. The van der Waals surface area contributed by atoms with Gasteiger partial charge >= 0.3 is 5.97 Å². The van der Waals surface area contributed by atoms with Crippen LogP contribution in [0.1, 0.15) is 43.0 Å². The van der Waals surface area contributed by atoms with Crippen LogP contribution >= 0.6 is 0 Å². The molecule has 0 saturated carbocycles. The Hall–Kier alpha value is -4.90. The second-order valence-corrected chi connectivity index (χ2v) is 11.8. The molecule has 10 heteroatoms. The Morgan fingerprint density at radius 2 is 1.48 bits per heavy atom. The summed E-state index contributed by atoms with van der Waals surface area (Å²) in [4.78, 5) is 30.6. The van der Waals surface area contributed by atoms with Crippen molar-refractivity contribution in [2.24, 2.45) is 0 Å². The summed E-state index contributed by atoms with van der Waals surface area (Å²) in [5.41, 5.74) is 4.33. The van der Waals surface area contributed by atoms with E-state index in [0.717, 1.165) is 16.9 Å². The van der Waals surface area contributed by atoms with E-state index in [1.54, 1.807) is 18.2 Å². The van der Waals surface area contributed by atoms with Gasteiger partial charge in [-0.15, -0.1) is 0 Å². The van der Waals surface area contributed by atoms with Crippen molar-refractivity contribution in [2.45, 2.75) is 12.1 Å². The van der Waals surface area contributed by atoms with E-state index in [1.165, 1.54) is 5.06 Å². The van der Waals surface area contributed by atoms with Gasteiger partial charge in [-0.3, -0.25) is 4.79 Å². The molecule has 238 valence electrons. The summed E-state index contributed by atoms with van der Waals surface area (Å²) >= 11 is 0. The van der Waals surface area contributed by atoms with Crippen molar-refractivity contribution in [1.82, 2.24) is 10.4 Å². The third kappa shape index (κ3) is 5.90. The number of carbonyl (C=O) groups excluding carboxylic acids is 2. The van der Waals surface area contributed by atoms with E-state index < -0.39 is 11.6 Å². The van der Waals surface area contributed by atoms with Gasteiger partial charge in [-0.1, -0.05) is 30.3 Å². The van der Waals surface area contributed by atoms with Crippen molar-refractivity contribution in [3.63, 3.8) is 0 Å². The molecule has 2 aliphatic heterocycles. The van der Waals surface area contributed by atoms with E-state index >= 15 is 0 Å². The maximum absolute atomic E-state index is 13.4. The fraction of sp³-hybridized carbons (Fsp3) is 0.278. The predicted octanol–water partition coefficient (Wildman–Crippen LogP) is 5.02. The number of carbonyl (C=O) groups is 2. The minimum absolute atomic E-state index is 0.279. The van der Waals surface area contributed by atoms with Crippen LogP contribution < -0.4 is 19.9 Å². The molecule has 0 saturated heterocycles. The molecule has 1 spiro atoms. The van der Waals surface area contributed by atoms with Crippen molar-refractivity contribution >= 4 is 23.3 Å². The Kier molecular flexibility index (Phi) is 8.68. The first-order chi connectivity index (χ1) is 22.2. The molecule has 0 bridgehead atoms. The van der Waals surface area contributed by atoms with E-state index in [-0.39, 0.29) is 19.1 Å².